The predicted molar refractivity (Wildman–Crippen MR) is 97.2 cm³/mol. The summed E-state index contributed by atoms with van der Waals surface area (Å²) in [6.07, 6.45) is 3.14. The maximum atomic E-state index is 12.3. The van der Waals surface area contributed by atoms with Crippen molar-refractivity contribution in [3.63, 3.8) is 0 Å². The molecule has 1 spiro atoms. The molecule has 0 atom stereocenters. The number of hydrogen-bond donors (Lipinski definition) is 1. The van der Waals surface area contributed by atoms with E-state index in [9.17, 15) is 4.79 Å². The number of benzene rings is 1. The Hall–Kier alpha value is -1.91. The minimum Gasteiger partial charge on any atom is -0.444 e. The van der Waals surface area contributed by atoms with E-state index in [1.807, 2.05) is 43.9 Å². The number of rotatable bonds is 1. The van der Waals surface area contributed by atoms with Gasteiger partial charge in [-0.2, -0.15) is 0 Å². The lowest BCUT2D eigenvalue weighted by Gasteiger charge is -2.40. The van der Waals surface area contributed by atoms with Crippen molar-refractivity contribution in [2.75, 3.05) is 36.8 Å². The van der Waals surface area contributed by atoms with Gasteiger partial charge in [0.2, 0.25) is 0 Å². The van der Waals surface area contributed by atoms with Gasteiger partial charge in [-0.15, -0.1) is 0 Å². The Kier molecular flexibility index (Phi) is 4.37. The fourth-order valence-electron chi connectivity index (χ4n) is 3.79. The SMILES string of the molecule is CC(C)(C)OC(=O)N1CCC2(CCN(c3cccc(N)c3)CC2)C1. The predicted octanol–water partition coefficient (Wildman–Crippen LogP) is 3.50. The standard InChI is InChI=1S/C19H29N3O2/c1-18(2,3)24-17(23)22-12-9-19(14-22)7-10-21(11-8-19)16-6-4-5-15(20)13-16/h4-6,13H,7-12,14,20H2,1-3H3. The van der Waals surface area contributed by atoms with Crippen LogP contribution in [0.2, 0.25) is 0 Å². The first-order valence-corrected chi connectivity index (χ1v) is 8.85. The van der Waals surface area contributed by atoms with Crippen molar-refractivity contribution >= 4 is 17.5 Å². The molecule has 24 heavy (non-hydrogen) atoms. The Bertz CT molecular complexity index is 601. The smallest absolute Gasteiger partial charge is 0.410 e. The highest BCUT2D eigenvalue weighted by atomic mass is 16.6. The van der Waals surface area contributed by atoms with E-state index in [1.54, 1.807) is 0 Å². The summed E-state index contributed by atoms with van der Waals surface area (Å²) in [4.78, 5) is 16.6. The van der Waals surface area contributed by atoms with E-state index >= 15 is 0 Å². The number of nitrogens with two attached hydrogens (primary N) is 1. The van der Waals surface area contributed by atoms with Gasteiger partial charge in [0.05, 0.1) is 0 Å². The molecule has 0 unspecified atom stereocenters. The van der Waals surface area contributed by atoms with Gasteiger partial charge < -0.3 is 20.3 Å². The lowest BCUT2D eigenvalue weighted by molar-refractivity contribution is 0.0266. The molecule has 1 aromatic carbocycles. The van der Waals surface area contributed by atoms with Crippen LogP contribution in [-0.4, -0.2) is 42.8 Å². The Morgan fingerprint density at radius 1 is 1.17 bits per heavy atom. The molecule has 1 aromatic rings. The molecule has 0 aromatic heterocycles. The van der Waals surface area contributed by atoms with Gasteiger partial charge >= 0.3 is 6.09 Å². The second-order valence-corrected chi connectivity index (χ2v) is 8.23. The van der Waals surface area contributed by atoms with Crippen molar-refractivity contribution in [1.82, 2.24) is 4.90 Å². The van der Waals surface area contributed by atoms with Gasteiger partial charge in [-0.3, -0.25) is 0 Å². The normalized spacial score (nSPS) is 20.5. The Morgan fingerprint density at radius 3 is 2.46 bits per heavy atom. The highest BCUT2D eigenvalue weighted by Gasteiger charge is 2.43. The molecule has 132 valence electrons. The molecule has 5 nitrogen and oxygen atoms in total. The summed E-state index contributed by atoms with van der Waals surface area (Å²) in [6.45, 7) is 9.43. The minimum absolute atomic E-state index is 0.169. The summed E-state index contributed by atoms with van der Waals surface area (Å²) >= 11 is 0. The number of amides is 1. The van der Waals surface area contributed by atoms with Crippen LogP contribution in [0.4, 0.5) is 16.2 Å². The summed E-state index contributed by atoms with van der Waals surface area (Å²) in [7, 11) is 0. The zero-order chi connectivity index (χ0) is 17.4. The molecule has 0 radical (unpaired) electrons. The second kappa shape index (κ2) is 6.19. The monoisotopic (exact) mass is 331 g/mol. The molecule has 2 fully saturated rings. The van der Waals surface area contributed by atoms with Gasteiger partial charge in [-0.25, -0.2) is 4.79 Å². The molecule has 2 aliphatic heterocycles. The highest BCUT2D eigenvalue weighted by Crippen LogP contribution is 2.41. The highest BCUT2D eigenvalue weighted by molar-refractivity contribution is 5.68. The quantitative estimate of drug-likeness (QED) is 0.800. The number of likely N-dealkylation sites (tertiary alicyclic amines) is 1. The van der Waals surface area contributed by atoms with Crippen molar-refractivity contribution < 1.29 is 9.53 Å². The van der Waals surface area contributed by atoms with Gasteiger partial charge in [0.1, 0.15) is 5.60 Å². The van der Waals surface area contributed by atoms with E-state index in [-0.39, 0.29) is 11.5 Å². The molecular formula is C19H29N3O2. The van der Waals surface area contributed by atoms with Crippen LogP contribution in [-0.2, 0) is 4.74 Å². The van der Waals surface area contributed by atoms with Gasteiger partial charge in [0.25, 0.3) is 0 Å². The van der Waals surface area contributed by atoms with Crippen LogP contribution in [0.5, 0.6) is 0 Å². The first-order valence-electron chi connectivity index (χ1n) is 8.85. The van der Waals surface area contributed by atoms with Crippen LogP contribution in [0.3, 0.4) is 0 Å². The van der Waals surface area contributed by atoms with Gasteiger partial charge in [-0.1, -0.05) is 6.07 Å². The molecule has 0 aliphatic carbocycles. The van der Waals surface area contributed by atoms with E-state index in [0.717, 1.165) is 51.1 Å². The molecular weight excluding hydrogens is 302 g/mol. The van der Waals surface area contributed by atoms with Gasteiger partial charge in [-0.05, 0) is 63.6 Å². The maximum Gasteiger partial charge on any atom is 0.410 e. The van der Waals surface area contributed by atoms with E-state index in [4.69, 9.17) is 10.5 Å². The van der Waals surface area contributed by atoms with Crippen LogP contribution in [0, 0.1) is 5.41 Å². The van der Waals surface area contributed by atoms with Crippen molar-refractivity contribution in [2.45, 2.75) is 45.6 Å². The van der Waals surface area contributed by atoms with Crippen molar-refractivity contribution in [3.8, 4) is 0 Å². The van der Waals surface area contributed by atoms with Gasteiger partial charge in [0.15, 0.2) is 0 Å². The summed E-state index contributed by atoms with van der Waals surface area (Å²) < 4.78 is 5.52. The Balaban J connectivity index is 1.57. The number of nitrogen functional groups attached to an aromatic ring is 1. The summed E-state index contributed by atoms with van der Waals surface area (Å²) in [5.74, 6) is 0. The molecule has 2 heterocycles. The maximum absolute atomic E-state index is 12.3. The average molecular weight is 331 g/mol. The zero-order valence-corrected chi connectivity index (χ0v) is 15.0. The molecule has 5 heteroatoms. The van der Waals surface area contributed by atoms with Crippen LogP contribution < -0.4 is 10.6 Å². The Labute approximate surface area is 144 Å². The zero-order valence-electron chi connectivity index (χ0n) is 15.0. The topological polar surface area (TPSA) is 58.8 Å². The third-order valence-electron chi connectivity index (χ3n) is 5.15. The van der Waals surface area contributed by atoms with Gasteiger partial charge in [0, 0.05) is 37.6 Å². The number of carbonyl (C=O) groups excluding carboxylic acids is 1. The largest absolute Gasteiger partial charge is 0.444 e. The summed E-state index contributed by atoms with van der Waals surface area (Å²) in [6, 6.07) is 8.09. The average Bonchev–Trinajstić information content (AvgIpc) is 2.90. The third-order valence-corrected chi connectivity index (χ3v) is 5.15. The minimum atomic E-state index is -0.427. The van der Waals surface area contributed by atoms with Crippen molar-refractivity contribution in [2.24, 2.45) is 5.41 Å². The number of hydrogen-bond acceptors (Lipinski definition) is 4. The van der Waals surface area contributed by atoms with E-state index in [1.165, 1.54) is 5.69 Å². The second-order valence-electron chi connectivity index (χ2n) is 8.23. The van der Waals surface area contributed by atoms with Crippen LogP contribution in [0.15, 0.2) is 24.3 Å². The van der Waals surface area contributed by atoms with E-state index < -0.39 is 5.60 Å². The molecule has 2 N–H and O–H groups in total. The summed E-state index contributed by atoms with van der Waals surface area (Å²) in [5, 5.41) is 0. The molecule has 3 rings (SSSR count). The molecule has 1 amide bonds. The van der Waals surface area contributed by atoms with E-state index in [0.29, 0.717) is 0 Å². The Morgan fingerprint density at radius 2 is 1.83 bits per heavy atom. The third kappa shape index (κ3) is 3.77. The van der Waals surface area contributed by atoms with E-state index in [2.05, 4.69) is 11.0 Å². The first kappa shape index (κ1) is 16.9. The van der Waals surface area contributed by atoms with Crippen molar-refractivity contribution in [3.05, 3.63) is 24.3 Å². The lowest BCUT2D eigenvalue weighted by atomic mass is 9.77. The molecule has 0 saturated carbocycles. The number of anilines is 2. The summed E-state index contributed by atoms with van der Waals surface area (Å²) in [5.41, 5.74) is 7.74. The number of piperidine rings is 1. The van der Waals surface area contributed by atoms with Crippen LogP contribution in [0.1, 0.15) is 40.0 Å². The lowest BCUT2D eigenvalue weighted by Crippen LogP contribution is -2.43. The molecule has 0 bridgehead atoms. The molecule has 2 saturated heterocycles. The van der Waals surface area contributed by atoms with Crippen molar-refractivity contribution in [1.29, 1.82) is 0 Å². The van der Waals surface area contributed by atoms with Crippen LogP contribution in [0.25, 0.3) is 0 Å². The fraction of sp³-hybridized carbons (Fsp3) is 0.632. The fourth-order valence-corrected chi connectivity index (χ4v) is 3.79. The number of nitrogens with zero attached hydrogens (tertiary/aromatic N) is 2. The number of carbonyl (C=O) groups is 1. The molecule has 2 aliphatic rings. The first-order chi connectivity index (χ1) is 11.3. The number of ether oxygens (including phenoxy) is 1. The van der Waals surface area contributed by atoms with Crippen LogP contribution >= 0.6 is 0 Å².